The molecule has 2 rings (SSSR count). The van der Waals surface area contributed by atoms with Crippen molar-refractivity contribution in [3.63, 3.8) is 0 Å². The molecular formula is C15H20Cl3N3O2. The molecule has 1 fully saturated rings. The molecule has 128 valence electrons. The van der Waals surface area contributed by atoms with E-state index in [4.69, 9.17) is 23.2 Å². The molecule has 23 heavy (non-hydrogen) atoms. The standard InChI is InChI=1S/C15H19Cl2N3O2.ClH/c1-9-13(3-2-6-18-9)20-14(21)8-19-15(22)10-4-5-11(16)12(17)7-10;/h4-5,7,9,13,18H,2-3,6,8H2,1H3,(H,19,22)(H,20,21);1H. The second kappa shape index (κ2) is 9.33. The van der Waals surface area contributed by atoms with Crippen LogP contribution in [0.5, 0.6) is 0 Å². The van der Waals surface area contributed by atoms with Gasteiger partial charge < -0.3 is 16.0 Å². The Hall–Kier alpha value is -1.01. The van der Waals surface area contributed by atoms with Crippen molar-refractivity contribution in [2.45, 2.75) is 31.8 Å². The molecule has 0 aliphatic carbocycles. The molecule has 1 heterocycles. The third-order valence-electron chi connectivity index (χ3n) is 3.70. The zero-order chi connectivity index (χ0) is 16.1. The van der Waals surface area contributed by atoms with Crippen molar-refractivity contribution in [1.29, 1.82) is 0 Å². The van der Waals surface area contributed by atoms with Crippen molar-refractivity contribution >= 4 is 47.4 Å². The van der Waals surface area contributed by atoms with E-state index < -0.39 is 0 Å². The lowest BCUT2D eigenvalue weighted by Crippen LogP contribution is -2.53. The van der Waals surface area contributed by atoms with Crippen molar-refractivity contribution in [2.75, 3.05) is 13.1 Å². The van der Waals surface area contributed by atoms with Gasteiger partial charge in [-0.3, -0.25) is 9.59 Å². The largest absolute Gasteiger partial charge is 0.350 e. The molecule has 1 aromatic carbocycles. The summed E-state index contributed by atoms with van der Waals surface area (Å²) in [4.78, 5) is 23.9. The molecule has 0 saturated carbocycles. The van der Waals surface area contributed by atoms with E-state index in [1.807, 2.05) is 6.92 Å². The minimum atomic E-state index is -0.358. The lowest BCUT2D eigenvalue weighted by molar-refractivity contribution is -0.121. The maximum atomic E-state index is 12.0. The van der Waals surface area contributed by atoms with Crippen LogP contribution in [0.1, 0.15) is 30.1 Å². The smallest absolute Gasteiger partial charge is 0.251 e. The highest BCUT2D eigenvalue weighted by Gasteiger charge is 2.22. The third-order valence-corrected chi connectivity index (χ3v) is 4.44. The van der Waals surface area contributed by atoms with Crippen LogP contribution in [0.25, 0.3) is 0 Å². The molecule has 0 radical (unpaired) electrons. The van der Waals surface area contributed by atoms with Crippen LogP contribution in [0.15, 0.2) is 18.2 Å². The molecule has 8 heteroatoms. The second-order valence-corrected chi connectivity index (χ2v) is 6.19. The Morgan fingerprint density at radius 3 is 2.70 bits per heavy atom. The molecule has 5 nitrogen and oxygen atoms in total. The molecule has 1 aromatic rings. The fourth-order valence-electron chi connectivity index (χ4n) is 2.40. The summed E-state index contributed by atoms with van der Waals surface area (Å²) in [6.07, 6.45) is 1.98. The summed E-state index contributed by atoms with van der Waals surface area (Å²) in [5.41, 5.74) is 0.370. The first-order chi connectivity index (χ1) is 10.5. The predicted molar refractivity (Wildman–Crippen MR) is 94.7 cm³/mol. The van der Waals surface area contributed by atoms with E-state index in [0.717, 1.165) is 19.4 Å². The minimum Gasteiger partial charge on any atom is -0.350 e. The van der Waals surface area contributed by atoms with Crippen LogP contribution in [0.2, 0.25) is 10.0 Å². The molecule has 1 aliphatic rings. The molecule has 2 unspecified atom stereocenters. The number of rotatable bonds is 4. The number of carbonyl (C=O) groups excluding carboxylic acids is 2. The van der Waals surface area contributed by atoms with Crippen molar-refractivity contribution in [3.8, 4) is 0 Å². The average molecular weight is 381 g/mol. The third kappa shape index (κ3) is 5.84. The highest BCUT2D eigenvalue weighted by Crippen LogP contribution is 2.22. The highest BCUT2D eigenvalue weighted by atomic mass is 35.5. The van der Waals surface area contributed by atoms with Gasteiger partial charge in [-0.25, -0.2) is 0 Å². The maximum Gasteiger partial charge on any atom is 0.251 e. The van der Waals surface area contributed by atoms with E-state index in [0.29, 0.717) is 15.6 Å². The number of amides is 2. The van der Waals surface area contributed by atoms with E-state index in [2.05, 4.69) is 16.0 Å². The van der Waals surface area contributed by atoms with Gasteiger partial charge >= 0.3 is 0 Å². The van der Waals surface area contributed by atoms with Gasteiger partial charge in [0.25, 0.3) is 5.91 Å². The Morgan fingerprint density at radius 2 is 2.04 bits per heavy atom. The Kier molecular flexibility index (Phi) is 8.12. The summed E-state index contributed by atoms with van der Waals surface area (Å²) in [6, 6.07) is 4.93. The molecule has 1 aliphatic heterocycles. The first-order valence-electron chi connectivity index (χ1n) is 7.23. The molecule has 1 saturated heterocycles. The molecule has 0 aromatic heterocycles. The Morgan fingerprint density at radius 1 is 1.30 bits per heavy atom. The van der Waals surface area contributed by atoms with Gasteiger partial charge in [-0.15, -0.1) is 12.4 Å². The van der Waals surface area contributed by atoms with Crippen LogP contribution in [-0.4, -0.2) is 37.0 Å². The van der Waals surface area contributed by atoms with Crippen molar-refractivity contribution in [1.82, 2.24) is 16.0 Å². The topological polar surface area (TPSA) is 70.2 Å². The van der Waals surface area contributed by atoms with E-state index in [1.165, 1.54) is 6.07 Å². The number of hydrogen-bond acceptors (Lipinski definition) is 3. The first-order valence-corrected chi connectivity index (χ1v) is 7.99. The average Bonchev–Trinajstić information content (AvgIpc) is 2.50. The lowest BCUT2D eigenvalue weighted by Gasteiger charge is -2.30. The Labute approximate surface area is 151 Å². The van der Waals surface area contributed by atoms with E-state index in [1.54, 1.807) is 12.1 Å². The van der Waals surface area contributed by atoms with Crippen molar-refractivity contribution in [3.05, 3.63) is 33.8 Å². The maximum absolute atomic E-state index is 12.0. The van der Waals surface area contributed by atoms with E-state index in [-0.39, 0.29) is 42.8 Å². The van der Waals surface area contributed by atoms with Crippen LogP contribution in [-0.2, 0) is 4.79 Å². The molecule has 0 bridgehead atoms. The molecule has 3 N–H and O–H groups in total. The van der Waals surface area contributed by atoms with E-state index >= 15 is 0 Å². The summed E-state index contributed by atoms with van der Waals surface area (Å²) in [5.74, 6) is -0.558. The van der Waals surface area contributed by atoms with E-state index in [9.17, 15) is 9.59 Å². The van der Waals surface area contributed by atoms with Crippen LogP contribution in [0.3, 0.4) is 0 Å². The van der Waals surface area contributed by atoms with Gasteiger partial charge in [0.05, 0.1) is 16.6 Å². The van der Waals surface area contributed by atoms with Crippen LogP contribution >= 0.6 is 35.6 Å². The Bertz CT molecular complexity index is 569. The minimum absolute atomic E-state index is 0. The van der Waals surface area contributed by atoms with Crippen molar-refractivity contribution in [2.24, 2.45) is 0 Å². The fourth-order valence-corrected chi connectivity index (χ4v) is 2.70. The van der Waals surface area contributed by atoms with Gasteiger partial charge in [-0.05, 0) is 44.5 Å². The van der Waals surface area contributed by atoms with Gasteiger partial charge in [0.2, 0.25) is 5.91 Å². The number of halogens is 3. The monoisotopic (exact) mass is 379 g/mol. The summed E-state index contributed by atoms with van der Waals surface area (Å²) >= 11 is 11.7. The molecule has 0 spiro atoms. The first kappa shape index (κ1) is 20.0. The normalized spacial score (nSPS) is 20.3. The van der Waals surface area contributed by atoms with Crippen LogP contribution in [0, 0.1) is 0 Å². The number of benzene rings is 1. The SMILES string of the molecule is CC1NCCCC1NC(=O)CNC(=O)c1ccc(Cl)c(Cl)c1.Cl. The van der Waals surface area contributed by atoms with Gasteiger partial charge in [0, 0.05) is 17.6 Å². The highest BCUT2D eigenvalue weighted by molar-refractivity contribution is 6.42. The van der Waals surface area contributed by atoms with Gasteiger partial charge in [0.15, 0.2) is 0 Å². The summed E-state index contributed by atoms with van der Waals surface area (Å²) in [7, 11) is 0. The number of carbonyl (C=O) groups is 2. The van der Waals surface area contributed by atoms with Crippen LogP contribution in [0.4, 0.5) is 0 Å². The second-order valence-electron chi connectivity index (χ2n) is 5.37. The molecular weight excluding hydrogens is 361 g/mol. The Balaban J connectivity index is 0.00000264. The number of nitrogens with one attached hydrogen (secondary N) is 3. The summed E-state index contributed by atoms with van der Waals surface area (Å²) in [6.45, 7) is 2.95. The predicted octanol–water partition coefficient (Wildman–Crippen LogP) is 2.40. The fraction of sp³-hybridized carbons (Fsp3) is 0.467. The zero-order valence-electron chi connectivity index (χ0n) is 12.7. The lowest BCUT2D eigenvalue weighted by atomic mass is 10.00. The number of hydrogen-bond donors (Lipinski definition) is 3. The molecule has 2 atom stereocenters. The summed E-state index contributed by atoms with van der Waals surface area (Å²) < 4.78 is 0. The quantitative estimate of drug-likeness (QED) is 0.751. The van der Waals surface area contributed by atoms with Gasteiger partial charge in [-0.2, -0.15) is 0 Å². The van der Waals surface area contributed by atoms with Crippen molar-refractivity contribution < 1.29 is 9.59 Å². The summed E-state index contributed by atoms with van der Waals surface area (Å²) in [5, 5.41) is 9.51. The molecule has 2 amide bonds. The van der Waals surface area contributed by atoms with Gasteiger partial charge in [0.1, 0.15) is 0 Å². The van der Waals surface area contributed by atoms with Gasteiger partial charge in [-0.1, -0.05) is 23.2 Å². The van der Waals surface area contributed by atoms with Crippen LogP contribution < -0.4 is 16.0 Å². The number of piperidine rings is 1. The zero-order valence-corrected chi connectivity index (χ0v) is 15.0.